The zero-order valence-electron chi connectivity index (χ0n) is 20.7. The van der Waals surface area contributed by atoms with Gasteiger partial charge in [0.15, 0.2) is 0 Å². The first kappa shape index (κ1) is 29.4. The minimum atomic E-state index is -0.345. The van der Waals surface area contributed by atoms with Crippen molar-refractivity contribution in [1.82, 2.24) is 0 Å². The molecule has 1 N–H and O–H groups in total. The Morgan fingerprint density at radius 2 is 1.30 bits per heavy atom. The summed E-state index contributed by atoms with van der Waals surface area (Å²) in [6.45, 7) is 8.67. The molecule has 2 aliphatic rings. The number of nitrogens with one attached hydrogen (secondary N) is 1. The second-order valence-corrected chi connectivity index (χ2v) is 10.4. The fraction of sp³-hybridized carbons (Fsp3) is 0.414. The van der Waals surface area contributed by atoms with Gasteiger partial charge in [0, 0.05) is 5.92 Å². The number of hydrogen-bond donors (Lipinski definition) is 0. The van der Waals surface area contributed by atoms with Gasteiger partial charge in [0.25, 0.3) is 0 Å². The Balaban J connectivity index is 0.000000249. The standard InChI is InChI=1S/C12H11Si.C9H13.C8H15NO.Ti/c1-3-7-11(8-4-1)13-12-9-5-2-6-10-12;1-6-5-7(2)9(4)8(6)3;9-8(10)7-5-3-1-2-4-6-7;/h1-10,13H;6H,1-4H3;7H,1-6H2,(H2,9,10);/q;-1;;+2/p-1. The van der Waals surface area contributed by atoms with Crippen molar-refractivity contribution >= 4 is 25.8 Å². The predicted molar refractivity (Wildman–Crippen MR) is 140 cm³/mol. The average molecular weight is 493 g/mol. The van der Waals surface area contributed by atoms with E-state index in [1.165, 1.54) is 39.9 Å². The van der Waals surface area contributed by atoms with Crippen LogP contribution >= 0.6 is 0 Å². The summed E-state index contributed by atoms with van der Waals surface area (Å²) >= 11 is 0. The zero-order chi connectivity index (χ0) is 23.3. The molecule has 1 fully saturated rings. The van der Waals surface area contributed by atoms with E-state index in [-0.39, 0.29) is 43.1 Å². The number of carbonyl (C=O) groups is 1. The molecule has 1 radical (unpaired) electrons. The smallest absolute Gasteiger partial charge is 0.668 e. The molecule has 2 aromatic rings. The Bertz CT molecular complexity index is 847. The number of allylic oxidation sites excluding steroid dienone is 4. The van der Waals surface area contributed by atoms with E-state index in [2.05, 4.69) is 94.4 Å². The van der Waals surface area contributed by atoms with Crippen molar-refractivity contribution in [2.24, 2.45) is 11.8 Å². The molecule has 4 rings (SSSR count). The van der Waals surface area contributed by atoms with Gasteiger partial charge in [0.2, 0.25) is 0 Å². The Morgan fingerprint density at radius 3 is 1.61 bits per heavy atom. The van der Waals surface area contributed by atoms with Crippen LogP contribution in [-0.2, 0) is 26.5 Å². The maximum absolute atomic E-state index is 10.6. The van der Waals surface area contributed by atoms with E-state index in [1.807, 2.05) is 0 Å². The van der Waals surface area contributed by atoms with Gasteiger partial charge < -0.3 is 10.5 Å². The van der Waals surface area contributed by atoms with E-state index in [9.17, 15) is 4.79 Å². The topological polar surface area (TPSA) is 40.9 Å². The summed E-state index contributed by atoms with van der Waals surface area (Å²) in [6.07, 6.45) is 10.1. The minimum Gasteiger partial charge on any atom is -0.668 e. The molecule has 173 valence electrons. The van der Waals surface area contributed by atoms with E-state index in [1.54, 1.807) is 0 Å². The molecule has 0 aliphatic heterocycles. The largest absolute Gasteiger partial charge is 2.00 e. The van der Waals surface area contributed by atoms with Gasteiger partial charge >= 0.3 is 21.7 Å². The van der Waals surface area contributed by atoms with Gasteiger partial charge in [-0.05, 0) is 12.8 Å². The first-order chi connectivity index (χ1) is 15.4. The SMILES string of the molecule is CC1=[C-]C(C)C(C)=C1C.[NH-]C(=O)C1CCCCCC1.[Ti+2].c1ccc([SiH]c2ccccc2)cc1. The van der Waals surface area contributed by atoms with Crippen LogP contribution in [0.4, 0.5) is 0 Å². The summed E-state index contributed by atoms with van der Waals surface area (Å²) < 4.78 is 0. The summed E-state index contributed by atoms with van der Waals surface area (Å²) in [7, 11) is 0.271. The van der Waals surface area contributed by atoms with Crippen molar-refractivity contribution in [3.8, 4) is 0 Å². The number of benzene rings is 2. The van der Waals surface area contributed by atoms with Gasteiger partial charge in [-0.25, -0.2) is 5.57 Å². The van der Waals surface area contributed by atoms with Gasteiger partial charge in [-0.15, -0.1) is 6.92 Å². The molecule has 0 spiro atoms. The second kappa shape index (κ2) is 16.0. The molecule has 0 heterocycles. The fourth-order valence-electron chi connectivity index (χ4n) is 3.99. The molecular formula is C29H38NOSiTi. The maximum Gasteiger partial charge on any atom is 2.00 e. The normalized spacial score (nSPS) is 17.9. The molecule has 2 aromatic carbocycles. The molecule has 2 aliphatic carbocycles. The van der Waals surface area contributed by atoms with Crippen LogP contribution in [0.5, 0.6) is 0 Å². The molecule has 33 heavy (non-hydrogen) atoms. The Morgan fingerprint density at radius 1 is 0.848 bits per heavy atom. The van der Waals surface area contributed by atoms with Crippen LogP contribution < -0.4 is 10.4 Å². The minimum absolute atomic E-state index is 0. The Labute approximate surface area is 218 Å². The number of carbonyl (C=O) groups excluding carboxylic acids is 1. The third-order valence-corrected chi connectivity index (χ3v) is 7.83. The van der Waals surface area contributed by atoms with Crippen molar-refractivity contribution in [1.29, 1.82) is 0 Å². The first-order valence-corrected chi connectivity index (χ1v) is 13.0. The number of amides is 1. The van der Waals surface area contributed by atoms with Gasteiger partial charge in [0.1, 0.15) is 9.52 Å². The summed E-state index contributed by atoms with van der Waals surface area (Å²) in [5, 5.41) is 2.90. The van der Waals surface area contributed by atoms with Crippen LogP contribution in [0.15, 0.2) is 77.4 Å². The van der Waals surface area contributed by atoms with Crippen LogP contribution in [0.3, 0.4) is 0 Å². The van der Waals surface area contributed by atoms with Gasteiger partial charge in [-0.2, -0.15) is 11.1 Å². The number of hydrogen-bond acceptors (Lipinski definition) is 1. The molecule has 1 unspecified atom stereocenters. The predicted octanol–water partition coefficient (Wildman–Crippen LogP) is 6.33. The van der Waals surface area contributed by atoms with Crippen molar-refractivity contribution in [2.45, 2.75) is 66.2 Å². The fourth-order valence-corrected chi connectivity index (χ4v) is 5.21. The van der Waals surface area contributed by atoms with Crippen LogP contribution in [-0.4, -0.2) is 15.4 Å². The van der Waals surface area contributed by atoms with Crippen LogP contribution in [0, 0.1) is 17.9 Å². The average Bonchev–Trinajstić information content (AvgIpc) is 3.01. The first-order valence-electron chi connectivity index (χ1n) is 11.9. The van der Waals surface area contributed by atoms with Crippen LogP contribution in [0.1, 0.15) is 66.2 Å². The zero-order valence-corrected chi connectivity index (χ0v) is 23.4. The summed E-state index contributed by atoms with van der Waals surface area (Å²) in [5.41, 5.74) is 11.2. The second-order valence-electron chi connectivity index (χ2n) is 8.82. The van der Waals surface area contributed by atoms with E-state index in [0.29, 0.717) is 5.92 Å². The van der Waals surface area contributed by atoms with E-state index < -0.39 is 0 Å². The summed E-state index contributed by atoms with van der Waals surface area (Å²) in [6, 6.07) is 21.3. The molecule has 0 bridgehead atoms. The van der Waals surface area contributed by atoms with Gasteiger partial charge in [-0.3, -0.25) is 6.08 Å². The van der Waals surface area contributed by atoms with Gasteiger partial charge in [0.05, 0.1) is 5.91 Å². The third kappa shape index (κ3) is 10.9. The number of rotatable bonds is 3. The van der Waals surface area contributed by atoms with E-state index in [4.69, 9.17) is 5.73 Å². The molecule has 1 saturated carbocycles. The molecule has 0 saturated heterocycles. The van der Waals surface area contributed by atoms with Crippen molar-refractivity contribution in [3.05, 3.63) is 89.2 Å². The Kier molecular flexibility index (Phi) is 14.3. The van der Waals surface area contributed by atoms with Crippen LogP contribution in [0.25, 0.3) is 5.73 Å². The molecule has 0 aromatic heterocycles. The molecule has 1 atom stereocenters. The van der Waals surface area contributed by atoms with Crippen molar-refractivity contribution < 1.29 is 26.5 Å². The monoisotopic (exact) mass is 492 g/mol. The quantitative estimate of drug-likeness (QED) is 0.280. The molecule has 2 nitrogen and oxygen atoms in total. The molecular weight excluding hydrogens is 454 g/mol. The van der Waals surface area contributed by atoms with Crippen molar-refractivity contribution in [2.75, 3.05) is 0 Å². The van der Waals surface area contributed by atoms with E-state index >= 15 is 0 Å². The Hall–Kier alpha value is -1.68. The summed E-state index contributed by atoms with van der Waals surface area (Å²) in [5.74, 6) is 0.286. The third-order valence-electron chi connectivity index (χ3n) is 6.39. The summed E-state index contributed by atoms with van der Waals surface area (Å²) in [4.78, 5) is 10.6. The van der Waals surface area contributed by atoms with Crippen molar-refractivity contribution in [3.63, 3.8) is 0 Å². The van der Waals surface area contributed by atoms with Crippen LogP contribution in [0.2, 0.25) is 0 Å². The molecule has 1 amide bonds. The van der Waals surface area contributed by atoms with Gasteiger partial charge in [-0.1, -0.05) is 123 Å². The molecule has 4 heteroatoms. The maximum atomic E-state index is 10.6. The van der Waals surface area contributed by atoms with E-state index in [0.717, 1.165) is 25.7 Å².